The van der Waals surface area contributed by atoms with E-state index in [-0.39, 0.29) is 0 Å². The Hall–Kier alpha value is -2.86. The molecule has 3 aromatic rings. The molecule has 1 aromatic heterocycles. The molecule has 1 heterocycles. The molecule has 0 saturated carbocycles. The van der Waals surface area contributed by atoms with Crippen molar-refractivity contribution in [1.29, 1.82) is 0 Å². The molecule has 0 aliphatic rings. The molecule has 2 aromatic carbocycles. The number of H-pyrrole nitrogens is 1. The highest BCUT2D eigenvalue weighted by molar-refractivity contribution is 5.87. The minimum absolute atomic E-state index is 0.347. The highest BCUT2D eigenvalue weighted by Crippen LogP contribution is 2.27. The molecule has 0 bridgehead atoms. The second-order valence-corrected chi connectivity index (χ2v) is 4.89. The zero-order chi connectivity index (χ0) is 15.5. The van der Waals surface area contributed by atoms with Gasteiger partial charge in [-0.05, 0) is 24.7 Å². The van der Waals surface area contributed by atoms with Crippen molar-refractivity contribution in [3.8, 4) is 17.1 Å². The van der Waals surface area contributed by atoms with E-state index in [9.17, 15) is 4.79 Å². The first-order valence-corrected chi connectivity index (χ1v) is 6.87. The number of nitrogens with one attached hydrogen (secondary N) is 2. The zero-order valence-corrected chi connectivity index (χ0v) is 12.1. The smallest absolute Gasteiger partial charge is 0.408 e. The van der Waals surface area contributed by atoms with Crippen molar-refractivity contribution in [3.63, 3.8) is 0 Å². The van der Waals surface area contributed by atoms with Crippen LogP contribution >= 0.6 is 0 Å². The molecular weight excluding hydrogens is 280 g/mol. The molecule has 3 rings (SSSR count). The van der Waals surface area contributed by atoms with E-state index < -0.39 is 6.09 Å². The van der Waals surface area contributed by atoms with Gasteiger partial charge < -0.3 is 20.8 Å². The number of imidazole rings is 1. The van der Waals surface area contributed by atoms with Gasteiger partial charge in [0.1, 0.15) is 11.3 Å². The van der Waals surface area contributed by atoms with Gasteiger partial charge >= 0.3 is 6.09 Å². The van der Waals surface area contributed by atoms with E-state index in [4.69, 9.17) is 10.5 Å². The number of ether oxygens (including phenoxy) is 1. The SMILES string of the molecule is CNCc1ccc(-c2nc3c(OC(N)=O)cccc3[nH]2)cc1. The van der Waals surface area contributed by atoms with Crippen LogP contribution in [0.25, 0.3) is 22.4 Å². The highest BCUT2D eigenvalue weighted by Gasteiger charge is 2.11. The van der Waals surface area contributed by atoms with Crippen molar-refractivity contribution < 1.29 is 9.53 Å². The van der Waals surface area contributed by atoms with Crippen LogP contribution in [0, 0.1) is 0 Å². The molecule has 1 amide bonds. The highest BCUT2D eigenvalue weighted by atomic mass is 16.5. The number of nitrogens with two attached hydrogens (primary N) is 1. The molecule has 0 saturated heterocycles. The lowest BCUT2D eigenvalue weighted by Crippen LogP contribution is -2.16. The third-order valence-electron chi connectivity index (χ3n) is 3.29. The molecule has 22 heavy (non-hydrogen) atoms. The lowest BCUT2D eigenvalue weighted by Gasteiger charge is -2.01. The van der Waals surface area contributed by atoms with Crippen LogP contribution in [0.15, 0.2) is 42.5 Å². The maximum atomic E-state index is 10.9. The van der Waals surface area contributed by atoms with E-state index >= 15 is 0 Å². The van der Waals surface area contributed by atoms with Gasteiger partial charge in [-0.3, -0.25) is 0 Å². The number of carbonyl (C=O) groups excluding carboxylic acids is 1. The first kappa shape index (κ1) is 14.1. The Morgan fingerprint density at radius 1 is 1.27 bits per heavy atom. The number of amides is 1. The Balaban J connectivity index is 1.99. The summed E-state index contributed by atoms with van der Waals surface area (Å²) in [6.07, 6.45) is -0.853. The van der Waals surface area contributed by atoms with Crippen LogP contribution in [0.5, 0.6) is 5.75 Å². The quantitative estimate of drug-likeness (QED) is 0.689. The van der Waals surface area contributed by atoms with Gasteiger partial charge in [-0.25, -0.2) is 9.78 Å². The van der Waals surface area contributed by atoms with Gasteiger partial charge in [0.05, 0.1) is 5.52 Å². The number of fused-ring (bicyclic) bond motifs is 1. The average Bonchev–Trinajstić information content (AvgIpc) is 2.93. The number of aromatic amines is 1. The predicted molar refractivity (Wildman–Crippen MR) is 84.5 cm³/mol. The molecule has 0 spiro atoms. The van der Waals surface area contributed by atoms with E-state index in [1.54, 1.807) is 12.1 Å². The fraction of sp³-hybridized carbons (Fsp3) is 0.125. The maximum Gasteiger partial charge on any atom is 0.410 e. The van der Waals surface area contributed by atoms with Gasteiger partial charge in [-0.1, -0.05) is 30.3 Å². The summed E-state index contributed by atoms with van der Waals surface area (Å²) < 4.78 is 4.98. The van der Waals surface area contributed by atoms with Crippen LogP contribution in [0.4, 0.5) is 4.79 Å². The number of carbonyl (C=O) groups is 1. The minimum atomic E-state index is -0.853. The largest absolute Gasteiger partial charge is 0.410 e. The zero-order valence-electron chi connectivity index (χ0n) is 12.1. The first-order valence-electron chi connectivity index (χ1n) is 6.87. The molecule has 0 aliphatic heterocycles. The number of benzene rings is 2. The molecule has 0 fully saturated rings. The summed E-state index contributed by atoms with van der Waals surface area (Å²) in [5, 5.41) is 3.11. The fourth-order valence-electron chi connectivity index (χ4n) is 2.32. The molecule has 6 nitrogen and oxygen atoms in total. The number of para-hydroxylation sites is 1. The summed E-state index contributed by atoms with van der Waals surface area (Å²) in [6.45, 7) is 0.816. The molecular formula is C16H16N4O2. The summed E-state index contributed by atoms with van der Waals surface area (Å²) in [5.74, 6) is 1.06. The van der Waals surface area contributed by atoms with E-state index in [1.165, 1.54) is 5.56 Å². The van der Waals surface area contributed by atoms with Crippen LogP contribution in [-0.4, -0.2) is 23.1 Å². The lowest BCUT2D eigenvalue weighted by atomic mass is 10.1. The minimum Gasteiger partial charge on any atom is -0.408 e. The van der Waals surface area contributed by atoms with Crippen LogP contribution in [0.2, 0.25) is 0 Å². The van der Waals surface area contributed by atoms with Crippen molar-refractivity contribution in [1.82, 2.24) is 15.3 Å². The van der Waals surface area contributed by atoms with E-state index in [2.05, 4.69) is 15.3 Å². The summed E-state index contributed by atoms with van der Waals surface area (Å²) in [7, 11) is 1.91. The lowest BCUT2D eigenvalue weighted by molar-refractivity contribution is 0.211. The molecule has 112 valence electrons. The molecule has 0 unspecified atom stereocenters. The predicted octanol–water partition coefficient (Wildman–Crippen LogP) is 2.41. The molecule has 0 aliphatic carbocycles. The number of hydrogen-bond donors (Lipinski definition) is 3. The Morgan fingerprint density at radius 3 is 2.73 bits per heavy atom. The number of rotatable bonds is 4. The van der Waals surface area contributed by atoms with Crippen LogP contribution in [0.3, 0.4) is 0 Å². The Kier molecular flexibility index (Phi) is 3.76. The van der Waals surface area contributed by atoms with Crippen molar-refractivity contribution in [2.24, 2.45) is 5.73 Å². The van der Waals surface area contributed by atoms with Crippen molar-refractivity contribution >= 4 is 17.1 Å². The van der Waals surface area contributed by atoms with Crippen molar-refractivity contribution in [2.75, 3.05) is 7.05 Å². The van der Waals surface area contributed by atoms with Crippen LogP contribution < -0.4 is 15.8 Å². The third kappa shape index (κ3) is 2.77. The normalized spacial score (nSPS) is 10.8. The Morgan fingerprint density at radius 2 is 2.05 bits per heavy atom. The Bertz CT molecular complexity index is 809. The fourth-order valence-corrected chi connectivity index (χ4v) is 2.32. The third-order valence-corrected chi connectivity index (χ3v) is 3.29. The van der Waals surface area contributed by atoms with Crippen LogP contribution in [0.1, 0.15) is 5.56 Å². The maximum absolute atomic E-state index is 10.9. The van der Waals surface area contributed by atoms with Gasteiger partial charge in [0.25, 0.3) is 0 Å². The topological polar surface area (TPSA) is 93.0 Å². The van der Waals surface area contributed by atoms with Gasteiger partial charge in [0.2, 0.25) is 0 Å². The first-order chi connectivity index (χ1) is 10.7. The van der Waals surface area contributed by atoms with E-state index in [0.29, 0.717) is 17.1 Å². The summed E-state index contributed by atoms with van der Waals surface area (Å²) in [4.78, 5) is 18.7. The number of nitrogens with zero attached hydrogens (tertiary/aromatic N) is 1. The molecule has 0 atom stereocenters. The van der Waals surface area contributed by atoms with Crippen molar-refractivity contribution in [3.05, 3.63) is 48.0 Å². The summed E-state index contributed by atoms with van der Waals surface area (Å²) in [5.41, 5.74) is 8.59. The van der Waals surface area contributed by atoms with E-state index in [1.807, 2.05) is 37.4 Å². The number of hydrogen-bond acceptors (Lipinski definition) is 4. The average molecular weight is 296 g/mol. The van der Waals surface area contributed by atoms with Gasteiger partial charge in [-0.15, -0.1) is 0 Å². The Labute approximate surface area is 127 Å². The molecule has 4 N–H and O–H groups in total. The van der Waals surface area contributed by atoms with Crippen LogP contribution in [-0.2, 0) is 6.54 Å². The van der Waals surface area contributed by atoms with Crippen molar-refractivity contribution in [2.45, 2.75) is 6.54 Å². The summed E-state index contributed by atoms with van der Waals surface area (Å²) >= 11 is 0. The standard InChI is InChI=1S/C16H16N4O2/c1-18-9-10-5-7-11(8-6-10)15-19-12-3-2-4-13(14(12)20-15)22-16(17)21/h2-8,18H,9H2,1H3,(H2,17,21)(H,19,20). The monoisotopic (exact) mass is 296 g/mol. The summed E-state index contributed by atoms with van der Waals surface area (Å²) in [6, 6.07) is 13.4. The van der Waals surface area contributed by atoms with Gasteiger partial charge in [0, 0.05) is 12.1 Å². The van der Waals surface area contributed by atoms with Gasteiger partial charge in [-0.2, -0.15) is 0 Å². The number of primary amides is 1. The molecule has 6 heteroatoms. The second-order valence-electron chi connectivity index (χ2n) is 4.89. The second kappa shape index (κ2) is 5.87. The molecule has 0 radical (unpaired) electrons. The van der Waals surface area contributed by atoms with Gasteiger partial charge in [0.15, 0.2) is 5.75 Å². The van der Waals surface area contributed by atoms with E-state index in [0.717, 1.165) is 17.6 Å². The number of aromatic nitrogens is 2.